The molecule has 0 amide bonds. The molecule has 1 N–H and O–H groups in total. The zero-order valence-corrected chi connectivity index (χ0v) is 11.5. The molecule has 0 spiro atoms. The average molecular weight is 241 g/mol. The smallest absolute Gasteiger partial charge is 0.303 e. The Morgan fingerprint density at radius 3 is 2.76 bits per heavy atom. The Morgan fingerprint density at radius 1 is 1.47 bits per heavy atom. The number of nitrogens with zero attached hydrogens (tertiary/aromatic N) is 1. The van der Waals surface area contributed by atoms with Crippen molar-refractivity contribution in [2.75, 3.05) is 13.1 Å². The summed E-state index contributed by atoms with van der Waals surface area (Å²) in [6.07, 6.45) is 5.22. The van der Waals surface area contributed by atoms with Gasteiger partial charge < -0.3 is 10.0 Å². The summed E-state index contributed by atoms with van der Waals surface area (Å²) >= 11 is 0. The van der Waals surface area contributed by atoms with Crippen molar-refractivity contribution in [2.45, 2.75) is 58.9 Å². The zero-order valence-electron chi connectivity index (χ0n) is 11.5. The summed E-state index contributed by atoms with van der Waals surface area (Å²) < 4.78 is 0. The van der Waals surface area contributed by atoms with Gasteiger partial charge in [-0.15, -0.1) is 0 Å². The summed E-state index contributed by atoms with van der Waals surface area (Å²) in [5, 5.41) is 8.86. The van der Waals surface area contributed by atoms with E-state index in [1.165, 1.54) is 32.2 Å². The number of carboxylic acid groups (broad SMARTS) is 1. The van der Waals surface area contributed by atoms with Crippen molar-refractivity contribution in [1.29, 1.82) is 0 Å². The molecule has 3 heteroatoms. The lowest BCUT2D eigenvalue weighted by Crippen LogP contribution is -2.43. The molecule has 1 fully saturated rings. The Labute approximate surface area is 105 Å². The van der Waals surface area contributed by atoms with E-state index in [1.54, 1.807) is 0 Å². The van der Waals surface area contributed by atoms with E-state index in [0.29, 0.717) is 24.3 Å². The predicted molar refractivity (Wildman–Crippen MR) is 70.1 cm³/mol. The van der Waals surface area contributed by atoms with E-state index < -0.39 is 5.97 Å². The quantitative estimate of drug-likeness (QED) is 0.777. The minimum Gasteiger partial charge on any atom is -0.481 e. The lowest BCUT2D eigenvalue weighted by atomic mass is 9.84. The molecule has 3 nitrogen and oxygen atoms in total. The van der Waals surface area contributed by atoms with Crippen LogP contribution in [0, 0.1) is 11.8 Å². The van der Waals surface area contributed by atoms with Gasteiger partial charge in [0.15, 0.2) is 0 Å². The highest BCUT2D eigenvalue weighted by Crippen LogP contribution is 2.27. The van der Waals surface area contributed by atoms with Crippen LogP contribution in [0.4, 0.5) is 0 Å². The van der Waals surface area contributed by atoms with Crippen LogP contribution < -0.4 is 0 Å². The molecule has 0 bridgehead atoms. The fourth-order valence-corrected chi connectivity index (χ4v) is 2.95. The number of rotatable bonds is 6. The summed E-state index contributed by atoms with van der Waals surface area (Å²) in [4.78, 5) is 13.3. The third kappa shape index (κ3) is 4.66. The molecular formula is C14H27NO2. The number of carboxylic acids is 1. The molecule has 1 saturated heterocycles. The zero-order chi connectivity index (χ0) is 12.8. The molecule has 1 rings (SSSR count). The Morgan fingerprint density at radius 2 is 2.18 bits per heavy atom. The van der Waals surface area contributed by atoms with Gasteiger partial charge in [-0.3, -0.25) is 4.79 Å². The maximum atomic E-state index is 10.8. The Hall–Kier alpha value is -0.570. The standard InChI is InChI=1S/C14H27NO2/c1-4-6-12(3)15-8-5-7-13(10-15)11(2)9-14(16)17/h11-13H,4-10H2,1-3H3,(H,16,17). The maximum absolute atomic E-state index is 10.8. The first-order valence-electron chi connectivity index (χ1n) is 7.00. The largest absolute Gasteiger partial charge is 0.481 e. The highest BCUT2D eigenvalue weighted by molar-refractivity contribution is 5.66. The number of likely N-dealkylation sites (tertiary alicyclic amines) is 1. The van der Waals surface area contributed by atoms with Gasteiger partial charge in [-0.2, -0.15) is 0 Å². The van der Waals surface area contributed by atoms with E-state index >= 15 is 0 Å². The molecule has 0 aromatic rings. The van der Waals surface area contributed by atoms with Crippen LogP contribution in [-0.2, 0) is 4.79 Å². The third-order valence-electron chi connectivity index (χ3n) is 4.12. The summed E-state index contributed by atoms with van der Waals surface area (Å²) in [5.41, 5.74) is 0. The van der Waals surface area contributed by atoms with E-state index in [0.717, 1.165) is 6.54 Å². The summed E-state index contributed by atoms with van der Waals surface area (Å²) in [6, 6.07) is 0.653. The second-order valence-electron chi connectivity index (χ2n) is 5.61. The first-order valence-corrected chi connectivity index (χ1v) is 7.00. The van der Waals surface area contributed by atoms with Gasteiger partial charge in [-0.05, 0) is 44.6 Å². The summed E-state index contributed by atoms with van der Waals surface area (Å²) in [6.45, 7) is 8.90. The van der Waals surface area contributed by atoms with E-state index in [1.807, 2.05) is 0 Å². The highest BCUT2D eigenvalue weighted by atomic mass is 16.4. The van der Waals surface area contributed by atoms with Gasteiger partial charge in [0, 0.05) is 19.0 Å². The van der Waals surface area contributed by atoms with Crippen LogP contribution in [0.3, 0.4) is 0 Å². The second-order valence-corrected chi connectivity index (χ2v) is 5.61. The van der Waals surface area contributed by atoms with Gasteiger partial charge in [0.05, 0.1) is 0 Å². The van der Waals surface area contributed by atoms with Crippen molar-refractivity contribution in [3.8, 4) is 0 Å². The summed E-state index contributed by atoms with van der Waals surface area (Å²) in [7, 11) is 0. The summed E-state index contributed by atoms with van der Waals surface area (Å²) in [5.74, 6) is 0.222. The van der Waals surface area contributed by atoms with Crippen LogP contribution in [0.25, 0.3) is 0 Å². The fraction of sp³-hybridized carbons (Fsp3) is 0.929. The number of hydrogen-bond acceptors (Lipinski definition) is 2. The minimum atomic E-state index is -0.656. The molecule has 100 valence electrons. The van der Waals surface area contributed by atoms with E-state index in [-0.39, 0.29) is 0 Å². The van der Waals surface area contributed by atoms with Gasteiger partial charge in [0.1, 0.15) is 0 Å². The van der Waals surface area contributed by atoms with Gasteiger partial charge in [-0.25, -0.2) is 0 Å². The monoisotopic (exact) mass is 241 g/mol. The normalized spacial score (nSPS) is 25.5. The Bertz CT molecular complexity index is 242. The van der Waals surface area contributed by atoms with Gasteiger partial charge >= 0.3 is 5.97 Å². The van der Waals surface area contributed by atoms with Crippen LogP contribution in [-0.4, -0.2) is 35.1 Å². The van der Waals surface area contributed by atoms with Crippen molar-refractivity contribution in [2.24, 2.45) is 11.8 Å². The van der Waals surface area contributed by atoms with Gasteiger partial charge in [0.25, 0.3) is 0 Å². The van der Waals surface area contributed by atoms with E-state index in [9.17, 15) is 4.79 Å². The molecule has 0 radical (unpaired) electrons. The molecule has 17 heavy (non-hydrogen) atoms. The van der Waals surface area contributed by atoms with Crippen LogP contribution in [0.15, 0.2) is 0 Å². The molecule has 0 aromatic heterocycles. The lowest BCUT2D eigenvalue weighted by Gasteiger charge is -2.39. The van der Waals surface area contributed by atoms with Crippen molar-refractivity contribution in [1.82, 2.24) is 4.90 Å². The maximum Gasteiger partial charge on any atom is 0.303 e. The topological polar surface area (TPSA) is 40.5 Å². The Kier molecular flexibility index (Phi) is 5.96. The number of aliphatic carboxylic acids is 1. The van der Waals surface area contributed by atoms with Gasteiger partial charge in [-0.1, -0.05) is 20.3 Å². The number of carbonyl (C=O) groups is 1. The second kappa shape index (κ2) is 7.00. The molecule has 0 aromatic carbocycles. The van der Waals surface area contributed by atoms with E-state index in [2.05, 4.69) is 25.7 Å². The number of hydrogen-bond donors (Lipinski definition) is 1. The number of piperidine rings is 1. The molecule has 1 aliphatic rings. The van der Waals surface area contributed by atoms with Crippen molar-refractivity contribution >= 4 is 5.97 Å². The van der Waals surface area contributed by atoms with Crippen LogP contribution in [0.1, 0.15) is 52.9 Å². The van der Waals surface area contributed by atoms with Gasteiger partial charge in [0.2, 0.25) is 0 Å². The van der Waals surface area contributed by atoms with Crippen LogP contribution in [0.2, 0.25) is 0 Å². The molecule has 3 unspecified atom stereocenters. The molecule has 0 saturated carbocycles. The first kappa shape index (κ1) is 14.5. The average Bonchev–Trinajstić information content (AvgIpc) is 2.28. The predicted octanol–water partition coefficient (Wildman–Crippen LogP) is 3.00. The molecular weight excluding hydrogens is 214 g/mol. The lowest BCUT2D eigenvalue weighted by molar-refractivity contribution is -0.138. The van der Waals surface area contributed by atoms with Crippen molar-refractivity contribution in [3.05, 3.63) is 0 Å². The Balaban J connectivity index is 2.45. The molecule has 1 heterocycles. The van der Waals surface area contributed by atoms with Crippen LogP contribution >= 0.6 is 0 Å². The minimum absolute atomic E-state index is 0.309. The highest BCUT2D eigenvalue weighted by Gasteiger charge is 2.27. The first-order chi connectivity index (χ1) is 8.04. The molecule has 1 aliphatic heterocycles. The molecule has 0 aliphatic carbocycles. The van der Waals surface area contributed by atoms with E-state index in [4.69, 9.17) is 5.11 Å². The molecule has 3 atom stereocenters. The van der Waals surface area contributed by atoms with Crippen LogP contribution in [0.5, 0.6) is 0 Å². The third-order valence-corrected chi connectivity index (χ3v) is 4.12. The van der Waals surface area contributed by atoms with Crippen molar-refractivity contribution in [3.63, 3.8) is 0 Å². The fourth-order valence-electron chi connectivity index (χ4n) is 2.95. The van der Waals surface area contributed by atoms with Crippen molar-refractivity contribution < 1.29 is 9.90 Å². The SMILES string of the molecule is CCCC(C)N1CCCC(C(C)CC(=O)O)C1.